The Morgan fingerprint density at radius 1 is 1.00 bits per heavy atom. The van der Waals surface area contributed by atoms with Gasteiger partial charge in [0.05, 0.1) is 18.2 Å². The number of methoxy groups -OCH3 is 1. The molecule has 1 aliphatic rings. The Hall–Kier alpha value is -4.15. The second-order valence-corrected chi connectivity index (χ2v) is 9.92. The largest absolute Gasteiger partial charge is 0.494 e. The number of hydrogen-bond donors (Lipinski definition) is 2. The quantitative estimate of drug-likeness (QED) is 0.347. The Labute approximate surface area is 227 Å². The first-order valence-corrected chi connectivity index (χ1v) is 12.4. The highest BCUT2D eigenvalue weighted by Gasteiger charge is 2.44. The Morgan fingerprint density at radius 3 is 2.30 bits per heavy atom. The number of urea groups is 1. The lowest BCUT2D eigenvalue weighted by atomic mass is 9.77. The molecule has 2 N–H and O–H groups in total. The highest BCUT2D eigenvalue weighted by molar-refractivity contribution is 5.84. The minimum absolute atomic E-state index is 0.0773. The summed E-state index contributed by atoms with van der Waals surface area (Å²) in [7, 11) is 1.20. The summed E-state index contributed by atoms with van der Waals surface area (Å²) >= 11 is 0. The van der Waals surface area contributed by atoms with E-state index in [1.54, 1.807) is 37.3 Å². The molecule has 1 saturated heterocycles. The predicted octanol–water partition coefficient (Wildman–Crippen LogP) is 5.98. The molecule has 0 saturated carbocycles. The average Bonchev–Trinajstić information content (AvgIpc) is 3.30. The van der Waals surface area contributed by atoms with Gasteiger partial charge in [0.1, 0.15) is 11.9 Å². The lowest BCUT2D eigenvalue weighted by molar-refractivity contribution is -0.141. The maximum atomic E-state index is 14.8. The lowest BCUT2D eigenvalue weighted by Crippen LogP contribution is -2.55. The van der Waals surface area contributed by atoms with E-state index in [0.717, 1.165) is 23.1 Å². The van der Waals surface area contributed by atoms with Gasteiger partial charge in [0.15, 0.2) is 11.6 Å². The van der Waals surface area contributed by atoms with Crippen molar-refractivity contribution in [1.82, 2.24) is 10.2 Å². The van der Waals surface area contributed by atoms with Crippen LogP contribution in [0.25, 0.3) is 0 Å². The topological polar surface area (TPSA) is 78.9 Å². The van der Waals surface area contributed by atoms with Crippen LogP contribution < -0.4 is 10.1 Å². The number of nitrogens with zero attached hydrogens (tertiary/aromatic N) is 1. The molecule has 11 heteroatoms. The number of alkyl halides is 3. The van der Waals surface area contributed by atoms with E-state index in [1.165, 1.54) is 19.2 Å². The van der Waals surface area contributed by atoms with Gasteiger partial charge in [0.25, 0.3) is 0 Å². The van der Waals surface area contributed by atoms with Crippen LogP contribution in [0.1, 0.15) is 35.6 Å². The second kappa shape index (κ2) is 11.1. The molecule has 6 nitrogen and oxygen atoms in total. The molecule has 0 radical (unpaired) electrons. The van der Waals surface area contributed by atoms with Crippen LogP contribution in [0, 0.1) is 17.6 Å². The zero-order valence-corrected chi connectivity index (χ0v) is 21.6. The zero-order chi connectivity index (χ0) is 29.2. The number of carboxylic acids is 1. The molecule has 0 spiro atoms. The summed E-state index contributed by atoms with van der Waals surface area (Å²) in [5.74, 6) is -3.62. The molecule has 3 aromatic rings. The molecule has 3 atom stereocenters. The molecule has 0 unspecified atom stereocenters. The number of aliphatic carboxylic acids is 1. The number of nitrogens with one attached hydrogen (secondary N) is 1. The first kappa shape index (κ1) is 28.8. The van der Waals surface area contributed by atoms with Crippen LogP contribution in [0.2, 0.25) is 0 Å². The van der Waals surface area contributed by atoms with E-state index in [1.807, 2.05) is 0 Å². The Morgan fingerprint density at radius 2 is 1.68 bits per heavy atom. The van der Waals surface area contributed by atoms with Crippen LogP contribution >= 0.6 is 0 Å². The van der Waals surface area contributed by atoms with E-state index in [2.05, 4.69) is 5.32 Å². The highest BCUT2D eigenvalue weighted by Crippen LogP contribution is 2.40. The summed E-state index contributed by atoms with van der Waals surface area (Å²) in [6, 6.07) is 11.8. The van der Waals surface area contributed by atoms with Gasteiger partial charge in [-0.05, 0) is 59.4 Å². The normalized spacial score (nSPS) is 18.7. The van der Waals surface area contributed by atoms with Gasteiger partial charge in [-0.3, -0.25) is 0 Å². The summed E-state index contributed by atoms with van der Waals surface area (Å²) in [6.07, 6.45) is -4.92. The summed E-state index contributed by atoms with van der Waals surface area (Å²) in [5, 5.41) is 12.5. The minimum Gasteiger partial charge on any atom is -0.494 e. The Kier molecular flexibility index (Phi) is 8.04. The number of carboxylic acid groups (broad SMARTS) is 1. The highest BCUT2D eigenvalue weighted by atomic mass is 19.4. The van der Waals surface area contributed by atoms with Crippen molar-refractivity contribution in [1.29, 1.82) is 0 Å². The van der Waals surface area contributed by atoms with Crippen molar-refractivity contribution in [2.24, 2.45) is 5.92 Å². The lowest BCUT2D eigenvalue weighted by Gasteiger charge is -2.39. The number of carbonyl (C=O) groups is 2. The summed E-state index contributed by atoms with van der Waals surface area (Å²) in [6.45, 7) is 1.85. The van der Waals surface area contributed by atoms with Crippen molar-refractivity contribution in [2.75, 3.05) is 13.7 Å². The van der Waals surface area contributed by atoms with E-state index in [-0.39, 0.29) is 42.2 Å². The van der Waals surface area contributed by atoms with E-state index in [0.29, 0.717) is 11.6 Å². The molecule has 0 bridgehead atoms. The van der Waals surface area contributed by atoms with Crippen molar-refractivity contribution in [3.05, 3.63) is 101 Å². The molecule has 4 rings (SSSR count). The van der Waals surface area contributed by atoms with Gasteiger partial charge in [-0.2, -0.15) is 13.2 Å². The molecule has 2 amide bonds. The molecule has 0 aliphatic carbocycles. The Bertz CT molecular complexity index is 1400. The third kappa shape index (κ3) is 5.88. The van der Waals surface area contributed by atoms with E-state index in [9.17, 15) is 36.6 Å². The molecular weight excluding hydrogens is 535 g/mol. The number of likely N-dealkylation sites (tertiary alicyclic amines) is 1. The van der Waals surface area contributed by atoms with Gasteiger partial charge in [0, 0.05) is 13.0 Å². The van der Waals surface area contributed by atoms with E-state index >= 15 is 0 Å². The fourth-order valence-electron chi connectivity index (χ4n) is 5.15. The SMILES string of the molecule is COc1cc([C@@](Cc2ccccc2)(NC(=O)N2C[C@H](C)C[C@H]2C(=O)O)c2cc(F)cc(C(F)(F)F)c2)ccc1F. The van der Waals surface area contributed by atoms with Gasteiger partial charge in [-0.25, -0.2) is 18.4 Å². The minimum atomic E-state index is -4.92. The zero-order valence-electron chi connectivity index (χ0n) is 21.6. The third-order valence-corrected chi connectivity index (χ3v) is 7.05. The summed E-state index contributed by atoms with van der Waals surface area (Å²) < 4.78 is 75.9. The standard InChI is InChI=1S/C29H27F5N2O4/c1-17-10-24(26(37)38)36(16-17)27(39)35-28(15-18-6-4-3-5-7-18,19-8-9-23(31)25(14-19)40-2)20-11-21(29(32,33)34)13-22(30)12-20/h3-9,11-14,17,24H,10,15-16H2,1-2H3,(H,35,39)(H,37,38)/t17-,24+,28-/m1/s1. The van der Waals surface area contributed by atoms with Crippen LogP contribution in [-0.2, 0) is 22.9 Å². The van der Waals surface area contributed by atoms with Crippen LogP contribution in [0.3, 0.4) is 0 Å². The summed E-state index contributed by atoms with van der Waals surface area (Å²) in [4.78, 5) is 26.8. The van der Waals surface area contributed by atoms with E-state index in [4.69, 9.17) is 4.74 Å². The predicted molar refractivity (Wildman–Crippen MR) is 136 cm³/mol. The number of ether oxygens (including phenoxy) is 1. The van der Waals surface area contributed by atoms with Crippen molar-refractivity contribution in [3.8, 4) is 5.75 Å². The fraction of sp³-hybridized carbons (Fsp3) is 0.310. The van der Waals surface area contributed by atoms with Crippen molar-refractivity contribution >= 4 is 12.0 Å². The maximum Gasteiger partial charge on any atom is 0.416 e. The average molecular weight is 563 g/mol. The van der Waals surface area contributed by atoms with E-state index < -0.39 is 47.0 Å². The van der Waals surface area contributed by atoms with Gasteiger partial charge < -0.3 is 20.1 Å². The molecule has 3 aromatic carbocycles. The van der Waals surface area contributed by atoms with Crippen LogP contribution in [-0.4, -0.2) is 41.7 Å². The van der Waals surface area contributed by atoms with Crippen LogP contribution in [0.15, 0.2) is 66.7 Å². The third-order valence-electron chi connectivity index (χ3n) is 7.05. The number of hydrogen-bond acceptors (Lipinski definition) is 3. The fourth-order valence-corrected chi connectivity index (χ4v) is 5.15. The number of halogens is 5. The van der Waals surface area contributed by atoms with Crippen molar-refractivity contribution in [2.45, 2.75) is 37.5 Å². The molecule has 1 heterocycles. The first-order chi connectivity index (χ1) is 18.8. The number of rotatable bonds is 7. The van der Waals surface area contributed by atoms with Crippen LogP contribution in [0.4, 0.5) is 26.7 Å². The van der Waals surface area contributed by atoms with Gasteiger partial charge in [-0.15, -0.1) is 0 Å². The van der Waals surface area contributed by atoms with Crippen molar-refractivity contribution in [3.63, 3.8) is 0 Å². The maximum absolute atomic E-state index is 14.8. The monoisotopic (exact) mass is 562 g/mol. The number of benzene rings is 3. The molecular formula is C29H27F5N2O4. The van der Waals surface area contributed by atoms with Crippen LogP contribution in [0.5, 0.6) is 5.75 Å². The van der Waals surface area contributed by atoms with Gasteiger partial charge in [-0.1, -0.05) is 43.3 Å². The number of amides is 2. The smallest absolute Gasteiger partial charge is 0.416 e. The number of carbonyl (C=O) groups excluding carboxylic acids is 1. The van der Waals surface area contributed by atoms with Gasteiger partial charge >= 0.3 is 18.2 Å². The first-order valence-electron chi connectivity index (χ1n) is 12.4. The molecule has 0 aromatic heterocycles. The van der Waals surface area contributed by atoms with Gasteiger partial charge in [0.2, 0.25) is 0 Å². The molecule has 1 aliphatic heterocycles. The molecule has 1 fully saturated rings. The molecule has 40 heavy (non-hydrogen) atoms. The van der Waals surface area contributed by atoms with Crippen molar-refractivity contribution < 1.29 is 41.4 Å². The second-order valence-electron chi connectivity index (χ2n) is 9.92. The molecule has 212 valence electrons. The Balaban J connectivity index is 1.99. The summed E-state index contributed by atoms with van der Waals surface area (Å²) in [5.41, 5.74) is -2.82.